The summed E-state index contributed by atoms with van der Waals surface area (Å²) in [4.78, 5) is 25.3. The summed E-state index contributed by atoms with van der Waals surface area (Å²) in [5.74, 6) is -3.93. The molecule has 0 unspecified atom stereocenters. The van der Waals surface area contributed by atoms with Crippen molar-refractivity contribution < 1.29 is 28.2 Å². The highest BCUT2D eigenvalue weighted by molar-refractivity contribution is 6.05. The zero-order chi connectivity index (χ0) is 20.6. The fourth-order valence-corrected chi connectivity index (χ4v) is 3.38. The Morgan fingerprint density at radius 1 is 1.14 bits per heavy atom. The number of benzene rings is 2. The lowest BCUT2D eigenvalue weighted by Gasteiger charge is -2.12. The van der Waals surface area contributed by atoms with Crippen LogP contribution >= 0.6 is 0 Å². The Kier molecular flexibility index (Phi) is 5.18. The van der Waals surface area contributed by atoms with Gasteiger partial charge in [-0.1, -0.05) is 0 Å². The van der Waals surface area contributed by atoms with Gasteiger partial charge in [-0.25, -0.2) is 8.78 Å². The second-order valence-corrected chi connectivity index (χ2v) is 6.44. The topological polar surface area (TPSA) is 68.5 Å². The molecule has 2 aromatic carbocycles. The van der Waals surface area contributed by atoms with Crippen molar-refractivity contribution in [1.29, 1.82) is 0 Å². The van der Waals surface area contributed by atoms with Gasteiger partial charge in [0.2, 0.25) is 0 Å². The van der Waals surface area contributed by atoms with Crippen molar-refractivity contribution >= 4 is 22.8 Å². The first-order valence-corrected chi connectivity index (χ1v) is 8.76. The van der Waals surface area contributed by atoms with Gasteiger partial charge >= 0.3 is 5.97 Å². The zero-order valence-corrected chi connectivity index (χ0v) is 15.6. The first-order chi connectivity index (χ1) is 13.3. The highest BCUT2D eigenvalue weighted by Crippen LogP contribution is 2.35. The van der Waals surface area contributed by atoms with Gasteiger partial charge < -0.3 is 9.84 Å². The minimum Gasteiger partial charge on any atom is -0.508 e. The van der Waals surface area contributed by atoms with Crippen LogP contribution in [-0.2, 0) is 9.53 Å². The van der Waals surface area contributed by atoms with Gasteiger partial charge in [0.05, 0.1) is 18.0 Å². The number of rotatable bonds is 4. The Bertz CT molecular complexity index is 1090. The SMILES string of the molecule is CCOC(=O)[C@@H](C)c1c(C)n(C(=O)c2ccc(F)c(F)c2)c2ccc(O)cc12. The number of ether oxygens (including phenoxy) is 1. The second kappa shape index (κ2) is 7.42. The maximum atomic E-state index is 13.6. The molecule has 0 radical (unpaired) electrons. The zero-order valence-electron chi connectivity index (χ0n) is 15.6. The molecule has 3 aromatic rings. The van der Waals surface area contributed by atoms with Gasteiger partial charge in [-0.05, 0) is 62.7 Å². The maximum absolute atomic E-state index is 13.6. The fourth-order valence-electron chi connectivity index (χ4n) is 3.38. The van der Waals surface area contributed by atoms with Gasteiger partial charge in [0.15, 0.2) is 11.6 Å². The second-order valence-electron chi connectivity index (χ2n) is 6.44. The summed E-state index contributed by atoms with van der Waals surface area (Å²) < 4.78 is 33.3. The Morgan fingerprint density at radius 3 is 2.50 bits per heavy atom. The summed E-state index contributed by atoms with van der Waals surface area (Å²) >= 11 is 0. The lowest BCUT2D eigenvalue weighted by molar-refractivity contribution is -0.144. The summed E-state index contributed by atoms with van der Waals surface area (Å²) in [6.45, 7) is 5.20. The smallest absolute Gasteiger partial charge is 0.313 e. The van der Waals surface area contributed by atoms with Crippen molar-refractivity contribution in [3.63, 3.8) is 0 Å². The van der Waals surface area contributed by atoms with E-state index in [1.807, 2.05) is 0 Å². The molecule has 5 nitrogen and oxygen atoms in total. The van der Waals surface area contributed by atoms with Crippen LogP contribution in [0, 0.1) is 18.6 Å². The van der Waals surface area contributed by atoms with Gasteiger partial charge in [0.1, 0.15) is 5.75 Å². The van der Waals surface area contributed by atoms with E-state index in [2.05, 4.69) is 0 Å². The molecule has 0 aliphatic carbocycles. The van der Waals surface area contributed by atoms with E-state index in [-0.39, 0.29) is 17.9 Å². The van der Waals surface area contributed by atoms with Gasteiger partial charge in [-0.15, -0.1) is 0 Å². The molecule has 0 aliphatic heterocycles. The molecule has 0 bridgehead atoms. The highest BCUT2D eigenvalue weighted by atomic mass is 19.2. The van der Waals surface area contributed by atoms with Gasteiger partial charge in [-0.2, -0.15) is 0 Å². The number of hydrogen-bond acceptors (Lipinski definition) is 4. The van der Waals surface area contributed by atoms with Crippen molar-refractivity contribution in [3.05, 3.63) is 64.9 Å². The third-order valence-electron chi connectivity index (χ3n) is 4.68. The highest BCUT2D eigenvalue weighted by Gasteiger charge is 2.27. The first-order valence-electron chi connectivity index (χ1n) is 8.76. The number of phenolic OH excluding ortho intramolecular Hbond substituents is 1. The van der Waals surface area contributed by atoms with Gasteiger partial charge in [0, 0.05) is 16.6 Å². The summed E-state index contributed by atoms with van der Waals surface area (Å²) in [5.41, 5.74) is 1.38. The molecule has 7 heteroatoms. The molecular weight excluding hydrogens is 368 g/mol. The molecule has 0 saturated heterocycles. The van der Waals surface area contributed by atoms with E-state index in [4.69, 9.17) is 4.74 Å². The van der Waals surface area contributed by atoms with Crippen LogP contribution in [0.3, 0.4) is 0 Å². The average Bonchev–Trinajstić information content (AvgIpc) is 2.94. The van der Waals surface area contributed by atoms with E-state index in [0.29, 0.717) is 22.2 Å². The van der Waals surface area contributed by atoms with E-state index < -0.39 is 29.4 Å². The molecule has 1 heterocycles. The lowest BCUT2D eigenvalue weighted by atomic mass is 9.98. The van der Waals surface area contributed by atoms with Crippen molar-refractivity contribution in [2.45, 2.75) is 26.7 Å². The fraction of sp³-hybridized carbons (Fsp3) is 0.238. The van der Waals surface area contributed by atoms with E-state index in [1.165, 1.54) is 28.8 Å². The minimum absolute atomic E-state index is 0.0257. The number of hydrogen-bond donors (Lipinski definition) is 1. The predicted molar refractivity (Wildman–Crippen MR) is 99.5 cm³/mol. The van der Waals surface area contributed by atoms with Crippen LogP contribution < -0.4 is 0 Å². The number of halogens is 2. The largest absolute Gasteiger partial charge is 0.508 e. The molecule has 0 spiro atoms. The Balaban J connectivity index is 2.23. The molecule has 3 rings (SSSR count). The van der Waals surface area contributed by atoms with Crippen LogP contribution in [-0.4, -0.2) is 28.2 Å². The molecule has 1 atom stereocenters. The van der Waals surface area contributed by atoms with Crippen LogP contribution in [0.25, 0.3) is 10.9 Å². The van der Waals surface area contributed by atoms with Crippen molar-refractivity contribution in [2.24, 2.45) is 0 Å². The summed E-state index contributed by atoms with van der Waals surface area (Å²) in [6, 6.07) is 7.32. The molecule has 146 valence electrons. The molecule has 0 saturated carbocycles. The van der Waals surface area contributed by atoms with E-state index >= 15 is 0 Å². The number of phenols is 1. The maximum Gasteiger partial charge on any atom is 0.313 e. The van der Waals surface area contributed by atoms with Crippen LogP contribution in [0.1, 0.15) is 41.4 Å². The first kappa shape index (κ1) is 19.5. The monoisotopic (exact) mass is 387 g/mol. The van der Waals surface area contributed by atoms with E-state index in [9.17, 15) is 23.5 Å². The summed E-state index contributed by atoms with van der Waals surface area (Å²) in [7, 11) is 0. The van der Waals surface area contributed by atoms with Crippen LogP contribution in [0.5, 0.6) is 5.75 Å². The number of nitrogens with zero attached hydrogens (tertiary/aromatic N) is 1. The van der Waals surface area contributed by atoms with Gasteiger partial charge in [0.25, 0.3) is 5.91 Å². The number of aromatic nitrogens is 1. The Morgan fingerprint density at radius 2 is 1.86 bits per heavy atom. The van der Waals surface area contributed by atoms with Crippen LogP contribution in [0.15, 0.2) is 36.4 Å². The van der Waals surface area contributed by atoms with Crippen LogP contribution in [0.4, 0.5) is 8.78 Å². The van der Waals surface area contributed by atoms with E-state index in [1.54, 1.807) is 20.8 Å². The molecule has 0 aliphatic rings. The number of aromatic hydroxyl groups is 1. The number of esters is 1. The van der Waals surface area contributed by atoms with Crippen LogP contribution in [0.2, 0.25) is 0 Å². The molecule has 1 N–H and O–H groups in total. The van der Waals surface area contributed by atoms with Crippen molar-refractivity contribution in [1.82, 2.24) is 4.57 Å². The Hall–Kier alpha value is -3.22. The summed E-state index contributed by atoms with van der Waals surface area (Å²) in [5, 5.41) is 10.4. The normalized spacial score (nSPS) is 12.2. The average molecular weight is 387 g/mol. The standard InChI is InChI=1S/C21H19F2NO4/c1-4-28-21(27)11(2)19-12(3)24(18-8-6-14(25)10-15(18)19)20(26)13-5-7-16(22)17(23)9-13/h5-11,25H,4H2,1-3H3/t11-/m0/s1. The predicted octanol–water partition coefficient (Wildman–Crippen LogP) is 4.29. The third kappa shape index (κ3) is 3.24. The molecule has 1 aromatic heterocycles. The molecule has 28 heavy (non-hydrogen) atoms. The molecular formula is C21H19F2NO4. The molecule has 0 fully saturated rings. The minimum atomic E-state index is -1.13. The summed E-state index contributed by atoms with van der Waals surface area (Å²) in [6.07, 6.45) is 0. The quantitative estimate of drug-likeness (QED) is 0.678. The molecule has 0 amide bonds. The van der Waals surface area contributed by atoms with Crippen molar-refractivity contribution in [3.8, 4) is 5.75 Å². The van der Waals surface area contributed by atoms with E-state index in [0.717, 1.165) is 12.1 Å². The lowest BCUT2D eigenvalue weighted by Crippen LogP contribution is -2.17. The Labute approximate surface area is 160 Å². The van der Waals surface area contributed by atoms with Gasteiger partial charge in [-0.3, -0.25) is 14.2 Å². The number of fused-ring (bicyclic) bond motifs is 1. The van der Waals surface area contributed by atoms with Crippen molar-refractivity contribution in [2.75, 3.05) is 6.61 Å². The third-order valence-corrected chi connectivity index (χ3v) is 4.68. The number of carbonyl (C=O) groups is 2. The number of carbonyl (C=O) groups excluding carboxylic acids is 2.